The SMILES string of the molecule is COc1cccc(CNC(=O)c2ccc(Cl)c(S(=O)(=O)N3CCc4ccccc43)c2)c1. The number of hydrogen-bond acceptors (Lipinski definition) is 4. The Morgan fingerprint density at radius 1 is 1.10 bits per heavy atom. The number of rotatable bonds is 6. The average Bonchev–Trinajstić information content (AvgIpc) is 3.23. The van der Waals surface area contributed by atoms with Crippen molar-refractivity contribution in [1.29, 1.82) is 0 Å². The monoisotopic (exact) mass is 456 g/mol. The minimum absolute atomic E-state index is 0.0775. The van der Waals surface area contributed by atoms with Crippen LogP contribution in [0.3, 0.4) is 0 Å². The number of hydrogen-bond donors (Lipinski definition) is 1. The van der Waals surface area contributed by atoms with E-state index in [1.807, 2.05) is 36.4 Å². The van der Waals surface area contributed by atoms with Crippen molar-refractivity contribution in [3.63, 3.8) is 0 Å². The first kappa shape index (κ1) is 21.2. The van der Waals surface area contributed by atoms with E-state index in [1.54, 1.807) is 19.2 Å². The van der Waals surface area contributed by atoms with Gasteiger partial charge in [-0.1, -0.05) is 41.9 Å². The quantitative estimate of drug-likeness (QED) is 0.607. The van der Waals surface area contributed by atoms with E-state index in [2.05, 4.69) is 5.32 Å². The summed E-state index contributed by atoms with van der Waals surface area (Å²) < 4.78 is 33.2. The van der Waals surface area contributed by atoms with Crippen LogP contribution >= 0.6 is 11.6 Å². The van der Waals surface area contributed by atoms with Crippen LogP contribution in [-0.4, -0.2) is 28.0 Å². The van der Waals surface area contributed by atoms with E-state index in [0.29, 0.717) is 24.4 Å². The fourth-order valence-corrected chi connectivity index (χ4v) is 5.59. The number of nitrogens with zero attached hydrogens (tertiary/aromatic N) is 1. The topological polar surface area (TPSA) is 75.7 Å². The molecule has 0 radical (unpaired) electrons. The number of anilines is 1. The molecule has 0 bridgehead atoms. The Kier molecular flexibility index (Phi) is 5.89. The number of methoxy groups -OCH3 is 1. The first-order valence-electron chi connectivity index (χ1n) is 9.71. The van der Waals surface area contributed by atoms with Crippen molar-refractivity contribution in [2.75, 3.05) is 18.0 Å². The van der Waals surface area contributed by atoms with Crippen LogP contribution in [0.1, 0.15) is 21.5 Å². The molecule has 0 spiro atoms. The summed E-state index contributed by atoms with van der Waals surface area (Å²) in [5.74, 6) is 0.301. The lowest BCUT2D eigenvalue weighted by molar-refractivity contribution is 0.0950. The van der Waals surface area contributed by atoms with Crippen LogP contribution in [0, 0.1) is 0 Å². The number of carbonyl (C=O) groups excluding carboxylic acids is 1. The number of nitrogens with one attached hydrogen (secondary N) is 1. The van der Waals surface area contributed by atoms with Crippen molar-refractivity contribution in [3.8, 4) is 5.75 Å². The fourth-order valence-electron chi connectivity index (χ4n) is 3.59. The van der Waals surface area contributed by atoms with Crippen molar-refractivity contribution >= 4 is 33.2 Å². The molecule has 0 unspecified atom stereocenters. The van der Waals surface area contributed by atoms with E-state index in [0.717, 1.165) is 11.1 Å². The number of para-hydroxylation sites is 1. The highest BCUT2D eigenvalue weighted by molar-refractivity contribution is 7.93. The summed E-state index contributed by atoms with van der Waals surface area (Å²) in [7, 11) is -2.33. The number of ether oxygens (including phenoxy) is 1. The molecular formula is C23H21ClN2O4S. The highest BCUT2D eigenvalue weighted by Gasteiger charge is 2.32. The zero-order valence-electron chi connectivity index (χ0n) is 16.8. The standard InChI is InChI=1S/C23H21ClN2O4S/c1-30-19-7-4-5-16(13-19)15-25-23(27)18-9-10-20(24)22(14-18)31(28,29)26-12-11-17-6-2-3-8-21(17)26/h2-10,13-14H,11-12,15H2,1H3,(H,25,27). The van der Waals surface area contributed by atoms with Crippen LogP contribution in [-0.2, 0) is 23.0 Å². The summed E-state index contributed by atoms with van der Waals surface area (Å²) in [6.07, 6.45) is 0.633. The minimum Gasteiger partial charge on any atom is -0.497 e. The second-order valence-electron chi connectivity index (χ2n) is 7.14. The third-order valence-electron chi connectivity index (χ3n) is 5.19. The van der Waals surface area contributed by atoms with E-state index >= 15 is 0 Å². The Morgan fingerprint density at radius 3 is 2.71 bits per heavy atom. The molecule has 1 heterocycles. The van der Waals surface area contributed by atoms with Gasteiger partial charge in [-0.25, -0.2) is 8.42 Å². The van der Waals surface area contributed by atoms with E-state index in [1.165, 1.54) is 22.5 Å². The third-order valence-corrected chi connectivity index (χ3v) is 7.49. The lowest BCUT2D eigenvalue weighted by Gasteiger charge is -2.20. The molecule has 4 rings (SSSR count). The van der Waals surface area contributed by atoms with E-state index in [9.17, 15) is 13.2 Å². The van der Waals surface area contributed by atoms with Gasteiger partial charge in [0.25, 0.3) is 15.9 Å². The lowest BCUT2D eigenvalue weighted by Crippen LogP contribution is -2.30. The van der Waals surface area contributed by atoms with Gasteiger partial charge < -0.3 is 10.1 Å². The Hall–Kier alpha value is -3.03. The average molecular weight is 457 g/mol. The van der Waals surface area contributed by atoms with E-state index < -0.39 is 15.9 Å². The van der Waals surface area contributed by atoms with Gasteiger partial charge in [-0.05, 0) is 53.9 Å². The van der Waals surface area contributed by atoms with Gasteiger partial charge in [-0.2, -0.15) is 0 Å². The Bertz CT molecular complexity index is 1240. The summed E-state index contributed by atoms with van der Waals surface area (Å²) in [5.41, 5.74) is 2.70. The molecule has 160 valence electrons. The molecule has 1 amide bonds. The van der Waals surface area contributed by atoms with Gasteiger partial charge in [0.05, 0.1) is 17.8 Å². The van der Waals surface area contributed by atoms with Crippen LogP contribution < -0.4 is 14.4 Å². The second kappa shape index (κ2) is 8.61. The summed E-state index contributed by atoms with van der Waals surface area (Å²) in [6.45, 7) is 0.616. The molecular weight excluding hydrogens is 436 g/mol. The zero-order valence-corrected chi connectivity index (χ0v) is 18.4. The molecule has 0 saturated heterocycles. The van der Waals surface area contributed by atoms with Gasteiger partial charge in [0.2, 0.25) is 0 Å². The molecule has 8 heteroatoms. The molecule has 6 nitrogen and oxygen atoms in total. The number of carbonyl (C=O) groups is 1. The molecule has 31 heavy (non-hydrogen) atoms. The second-order valence-corrected chi connectivity index (χ2v) is 9.37. The highest BCUT2D eigenvalue weighted by atomic mass is 35.5. The summed E-state index contributed by atoms with van der Waals surface area (Å²) >= 11 is 6.25. The van der Waals surface area contributed by atoms with Gasteiger partial charge in [0, 0.05) is 18.7 Å². The number of amides is 1. The van der Waals surface area contributed by atoms with Crippen molar-refractivity contribution in [2.45, 2.75) is 17.9 Å². The molecule has 3 aromatic carbocycles. The summed E-state index contributed by atoms with van der Waals surface area (Å²) in [6, 6.07) is 19.0. The number of sulfonamides is 1. The van der Waals surface area contributed by atoms with Crippen LogP contribution in [0.4, 0.5) is 5.69 Å². The van der Waals surface area contributed by atoms with Crippen LogP contribution in [0.2, 0.25) is 5.02 Å². The van der Waals surface area contributed by atoms with Crippen molar-refractivity contribution in [3.05, 3.63) is 88.4 Å². The Labute approximate surface area is 186 Å². The van der Waals surface area contributed by atoms with Crippen molar-refractivity contribution in [2.24, 2.45) is 0 Å². The minimum atomic E-state index is -3.91. The molecule has 1 aliphatic rings. The van der Waals surface area contributed by atoms with Crippen molar-refractivity contribution < 1.29 is 17.9 Å². The molecule has 0 atom stereocenters. The van der Waals surface area contributed by atoms with Gasteiger partial charge in [0.1, 0.15) is 10.6 Å². The predicted molar refractivity (Wildman–Crippen MR) is 120 cm³/mol. The molecule has 0 fully saturated rings. The maximum atomic E-state index is 13.3. The van der Waals surface area contributed by atoms with Gasteiger partial charge in [-0.3, -0.25) is 9.10 Å². The molecule has 1 aliphatic heterocycles. The molecule has 1 N–H and O–H groups in total. The van der Waals surface area contributed by atoms with Gasteiger partial charge in [0.15, 0.2) is 0 Å². The largest absolute Gasteiger partial charge is 0.497 e. The zero-order chi connectivity index (χ0) is 22.0. The van der Waals surface area contributed by atoms with Crippen LogP contribution in [0.5, 0.6) is 5.75 Å². The molecule has 0 aliphatic carbocycles. The maximum absolute atomic E-state index is 13.3. The Balaban J connectivity index is 1.57. The van der Waals surface area contributed by atoms with Crippen molar-refractivity contribution in [1.82, 2.24) is 5.32 Å². The molecule has 0 aromatic heterocycles. The number of fused-ring (bicyclic) bond motifs is 1. The molecule has 3 aromatic rings. The number of benzene rings is 3. The van der Waals surface area contributed by atoms with E-state index in [-0.39, 0.29) is 22.0 Å². The summed E-state index contributed by atoms with van der Waals surface area (Å²) in [4.78, 5) is 12.6. The van der Waals surface area contributed by atoms with Crippen LogP contribution in [0.25, 0.3) is 0 Å². The normalized spacial score (nSPS) is 13.0. The summed E-state index contributed by atoms with van der Waals surface area (Å²) in [5, 5.41) is 2.88. The highest BCUT2D eigenvalue weighted by Crippen LogP contribution is 2.35. The van der Waals surface area contributed by atoms with Crippen LogP contribution in [0.15, 0.2) is 71.6 Å². The first-order valence-corrected chi connectivity index (χ1v) is 11.5. The lowest BCUT2D eigenvalue weighted by atomic mass is 10.2. The number of halogens is 1. The van der Waals surface area contributed by atoms with E-state index in [4.69, 9.17) is 16.3 Å². The predicted octanol–water partition coefficient (Wildman–Crippen LogP) is 4.03. The van der Waals surface area contributed by atoms with Gasteiger partial charge in [-0.15, -0.1) is 0 Å². The van der Waals surface area contributed by atoms with Gasteiger partial charge >= 0.3 is 0 Å². The first-order chi connectivity index (χ1) is 14.9. The Morgan fingerprint density at radius 2 is 1.90 bits per heavy atom. The maximum Gasteiger partial charge on any atom is 0.265 e. The fraction of sp³-hybridized carbons (Fsp3) is 0.174. The molecule has 0 saturated carbocycles. The third kappa shape index (κ3) is 4.24. The smallest absolute Gasteiger partial charge is 0.265 e.